The highest BCUT2D eigenvalue weighted by Crippen LogP contribution is 2.44. The molecule has 0 N–H and O–H groups in total. The van der Waals surface area contributed by atoms with Crippen molar-refractivity contribution in [3.63, 3.8) is 0 Å². The monoisotopic (exact) mass is 232 g/mol. The zero-order valence-electron chi connectivity index (χ0n) is 11.1. The lowest BCUT2D eigenvalue weighted by Crippen LogP contribution is -2.01. The van der Waals surface area contributed by atoms with Crippen LogP contribution in [0.15, 0.2) is 0 Å². The van der Waals surface area contributed by atoms with E-state index in [0.29, 0.717) is 5.66 Å². The van der Waals surface area contributed by atoms with Gasteiger partial charge < -0.3 is 4.57 Å². The van der Waals surface area contributed by atoms with Crippen LogP contribution in [0, 0.1) is 0 Å². The van der Waals surface area contributed by atoms with Crippen LogP contribution in [0.5, 0.6) is 0 Å². The summed E-state index contributed by atoms with van der Waals surface area (Å²) in [5.74, 6) is 0. The Balaban J connectivity index is 3.28. The molecule has 15 heavy (non-hydrogen) atoms. The van der Waals surface area contributed by atoms with E-state index < -0.39 is 7.14 Å². The Labute approximate surface area is 96.4 Å². The van der Waals surface area contributed by atoms with Gasteiger partial charge in [-0.2, -0.15) is 0 Å². The largest absolute Gasteiger partial charge is 0.324 e. The number of hydrogen-bond donors (Lipinski definition) is 0. The van der Waals surface area contributed by atoms with E-state index in [-0.39, 0.29) is 0 Å². The highest BCUT2D eigenvalue weighted by molar-refractivity contribution is 7.63. The second-order valence-corrected chi connectivity index (χ2v) is 8.94. The number of unbranched alkanes of at least 4 members (excludes halogenated alkanes) is 6. The Hall–Kier alpha value is 0.230. The molecule has 1 atom stereocenters. The van der Waals surface area contributed by atoms with E-state index in [1.54, 1.807) is 0 Å². The fourth-order valence-corrected chi connectivity index (χ4v) is 2.51. The summed E-state index contributed by atoms with van der Waals surface area (Å²) in [6.45, 7) is 8.22. The fraction of sp³-hybridized carbons (Fsp3) is 1.00. The molecule has 0 radical (unpaired) electrons. The van der Waals surface area contributed by atoms with Crippen molar-refractivity contribution in [1.82, 2.24) is 0 Å². The number of rotatable bonds is 9. The molecule has 0 rings (SSSR count). The van der Waals surface area contributed by atoms with Crippen molar-refractivity contribution in [3.8, 4) is 0 Å². The molecule has 0 aliphatic carbocycles. The summed E-state index contributed by atoms with van der Waals surface area (Å²) < 4.78 is 11.7. The Morgan fingerprint density at radius 3 is 1.87 bits per heavy atom. The molecule has 0 aromatic heterocycles. The quantitative estimate of drug-likeness (QED) is 0.397. The first-order valence-corrected chi connectivity index (χ1v) is 9.20. The molecular formula is C13H29OP. The van der Waals surface area contributed by atoms with Crippen LogP contribution in [0.1, 0.15) is 65.2 Å². The summed E-state index contributed by atoms with van der Waals surface area (Å²) in [5.41, 5.74) is 0.424. The third-order valence-corrected chi connectivity index (χ3v) is 5.67. The van der Waals surface area contributed by atoms with Gasteiger partial charge >= 0.3 is 0 Å². The number of hydrogen-bond acceptors (Lipinski definition) is 1. The molecule has 0 heterocycles. The molecule has 0 saturated heterocycles. The predicted octanol–water partition coefficient (Wildman–Crippen LogP) is 5.14. The molecular weight excluding hydrogens is 203 g/mol. The van der Waals surface area contributed by atoms with Gasteiger partial charge in [0.2, 0.25) is 0 Å². The van der Waals surface area contributed by atoms with Crippen LogP contribution in [0.2, 0.25) is 0 Å². The van der Waals surface area contributed by atoms with Crippen LogP contribution < -0.4 is 0 Å². The second-order valence-electron chi connectivity index (χ2n) is 5.19. The molecule has 0 saturated carbocycles. The van der Waals surface area contributed by atoms with Crippen molar-refractivity contribution < 1.29 is 4.57 Å². The summed E-state index contributed by atoms with van der Waals surface area (Å²) in [6, 6.07) is 0. The van der Waals surface area contributed by atoms with E-state index >= 15 is 0 Å². The van der Waals surface area contributed by atoms with E-state index in [2.05, 4.69) is 13.8 Å². The minimum atomic E-state index is -1.82. The molecule has 0 aliphatic heterocycles. The average molecular weight is 232 g/mol. The summed E-state index contributed by atoms with van der Waals surface area (Å²) in [6.07, 6.45) is 10.6. The molecule has 0 aromatic carbocycles. The smallest absolute Gasteiger partial charge is 0.0845 e. The van der Waals surface area contributed by atoms with Crippen LogP contribution in [0.4, 0.5) is 0 Å². The molecule has 1 unspecified atom stereocenters. The summed E-state index contributed by atoms with van der Waals surface area (Å²) >= 11 is 0. The Morgan fingerprint density at radius 2 is 1.40 bits per heavy atom. The van der Waals surface area contributed by atoms with Gasteiger partial charge in [-0.25, -0.2) is 0 Å². The minimum Gasteiger partial charge on any atom is -0.324 e. The topological polar surface area (TPSA) is 17.1 Å². The van der Waals surface area contributed by atoms with Crippen molar-refractivity contribution in [2.75, 3.05) is 13.3 Å². The van der Waals surface area contributed by atoms with Gasteiger partial charge in [-0.05, 0) is 19.8 Å². The van der Waals surface area contributed by atoms with Crippen molar-refractivity contribution in [3.05, 3.63) is 0 Å². The first kappa shape index (κ1) is 15.2. The van der Waals surface area contributed by atoms with Gasteiger partial charge in [0.05, 0.1) is 7.14 Å². The Bertz CT molecular complexity index is 183. The second kappa shape index (κ2) is 8.39. The molecule has 0 fully saturated rings. The fourth-order valence-electron chi connectivity index (χ4n) is 1.71. The first-order chi connectivity index (χ1) is 6.98. The molecule has 92 valence electrons. The van der Waals surface area contributed by atoms with Gasteiger partial charge in [-0.3, -0.25) is 0 Å². The normalized spacial score (nSPS) is 14.1. The Kier molecular flexibility index (Phi) is 8.52. The van der Waals surface area contributed by atoms with Crippen molar-refractivity contribution >= 4 is 7.14 Å². The standard InChI is InChI=1S/C13H29OP/c1-5-6-7-8-9-10-11-12-13(2)15(3,4)14/h13H,5-12H2,1-4H3. The molecule has 0 bridgehead atoms. The van der Waals surface area contributed by atoms with Gasteiger partial charge in [0.25, 0.3) is 0 Å². The highest BCUT2D eigenvalue weighted by atomic mass is 31.2. The summed E-state index contributed by atoms with van der Waals surface area (Å²) in [4.78, 5) is 0. The Morgan fingerprint density at radius 1 is 0.933 bits per heavy atom. The SMILES string of the molecule is CCCCCCCCCC(C)P(C)(C)=O. The van der Waals surface area contributed by atoms with E-state index in [9.17, 15) is 4.57 Å². The third-order valence-electron chi connectivity index (χ3n) is 3.29. The first-order valence-electron chi connectivity index (χ1n) is 6.53. The lowest BCUT2D eigenvalue weighted by Gasteiger charge is -2.15. The molecule has 1 nitrogen and oxygen atoms in total. The van der Waals surface area contributed by atoms with Gasteiger partial charge in [0, 0.05) is 5.66 Å². The molecule has 0 aliphatic rings. The van der Waals surface area contributed by atoms with Crippen LogP contribution in [0.25, 0.3) is 0 Å². The maximum absolute atomic E-state index is 11.7. The van der Waals surface area contributed by atoms with E-state index in [0.717, 1.165) is 6.42 Å². The summed E-state index contributed by atoms with van der Waals surface area (Å²) in [5, 5.41) is 0. The maximum Gasteiger partial charge on any atom is 0.0845 e. The van der Waals surface area contributed by atoms with Crippen LogP contribution in [0.3, 0.4) is 0 Å². The van der Waals surface area contributed by atoms with Gasteiger partial charge in [0.15, 0.2) is 0 Å². The van der Waals surface area contributed by atoms with E-state index in [1.807, 2.05) is 13.3 Å². The molecule has 2 heteroatoms. The minimum absolute atomic E-state index is 0.424. The van der Waals surface area contributed by atoms with Crippen LogP contribution >= 0.6 is 7.14 Å². The van der Waals surface area contributed by atoms with Crippen molar-refractivity contribution in [2.24, 2.45) is 0 Å². The van der Waals surface area contributed by atoms with Crippen LogP contribution in [-0.4, -0.2) is 19.0 Å². The molecule has 0 spiro atoms. The van der Waals surface area contributed by atoms with E-state index in [1.165, 1.54) is 44.9 Å². The zero-order chi connectivity index (χ0) is 11.7. The van der Waals surface area contributed by atoms with Gasteiger partial charge in [0.1, 0.15) is 0 Å². The van der Waals surface area contributed by atoms with Gasteiger partial charge in [-0.15, -0.1) is 0 Å². The highest BCUT2D eigenvalue weighted by Gasteiger charge is 2.16. The van der Waals surface area contributed by atoms with Crippen molar-refractivity contribution in [2.45, 2.75) is 70.9 Å². The van der Waals surface area contributed by atoms with Gasteiger partial charge in [-0.1, -0.05) is 58.8 Å². The van der Waals surface area contributed by atoms with Crippen LogP contribution in [-0.2, 0) is 4.57 Å². The van der Waals surface area contributed by atoms with Crippen molar-refractivity contribution in [1.29, 1.82) is 0 Å². The average Bonchev–Trinajstić information content (AvgIpc) is 2.14. The van der Waals surface area contributed by atoms with E-state index in [4.69, 9.17) is 0 Å². The predicted molar refractivity (Wildman–Crippen MR) is 71.5 cm³/mol. The third kappa shape index (κ3) is 9.18. The maximum atomic E-state index is 11.7. The zero-order valence-corrected chi connectivity index (χ0v) is 12.0. The molecule has 0 aromatic rings. The molecule has 0 amide bonds. The lowest BCUT2D eigenvalue weighted by atomic mass is 10.1. The lowest BCUT2D eigenvalue weighted by molar-refractivity contribution is 0.550. The summed E-state index contributed by atoms with van der Waals surface area (Å²) in [7, 11) is -1.82.